The van der Waals surface area contributed by atoms with Gasteiger partial charge >= 0.3 is 6.03 Å². The molecule has 4 rings (SSSR count). The van der Waals surface area contributed by atoms with Crippen molar-refractivity contribution in [3.8, 4) is 0 Å². The van der Waals surface area contributed by atoms with Crippen LogP contribution >= 0.6 is 11.8 Å². The van der Waals surface area contributed by atoms with E-state index in [9.17, 15) is 14.4 Å². The lowest BCUT2D eigenvalue weighted by atomic mass is 10.2. The number of thioether (sulfide) groups is 1. The van der Waals surface area contributed by atoms with E-state index in [4.69, 9.17) is 0 Å². The second-order valence-electron chi connectivity index (χ2n) is 7.82. The van der Waals surface area contributed by atoms with Crippen LogP contribution in [-0.4, -0.2) is 33.3 Å². The molecule has 7 nitrogen and oxygen atoms in total. The molecule has 2 aromatic rings. The van der Waals surface area contributed by atoms with Crippen molar-refractivity contribution in [1.29, 1.82) is 0 Å². The molecule has 0 spiro atoms. The number of fused-ring (bicyclic) bond motifs is 1. The van der Waals surface area contributed by atoms with E-state index in [-0.39, 0.29) is 29.3 Å². The van der Waals surface area contributed by atoms with E-state index in [0.29, 0.717) is 16.1 Å². The minimum absolute atomic E-state index is 0.0373. The summed E-state index contributed by atoms with van der Waals surface area (Å²) in [6.45, 7) is 0. The van der Waals surface area contributed by atoms with Crippen LogP contribution < -0.4 is 16.2 Å². The van der Waals surface area contributed by atoms with Crippen molar-refractivity contribution >= 4 is 34.6 Å². The van der Waals surface area contributed by atoms with E-state index in [1.54, 1.807) is 10.6 Å². The molecule has 2 fully saturated rings. The maximum atomic E-state index is 13.1. The Labute approximate surface area is 173 Å². The molecule has 1 aromatic carbocycles. The third-order valence-electron chi connectivity index (χ3n) is 5.74. The molecule has 0 saturated heterocycles. The van der Waals surface area contributed by atoms with Crippen molar-refractivity contribution in [3.05, 3.63) is 34.6 Å². The first-order valence-corrected chi connectivity index (χ1v) is 11.3. The van der Waals surface area contributed by atoms with Crippen LogP contribution in [0.2, 0.25) is 0 Å². The number of nitrogens with one attached hydrogen (secondary N) is 2. The molecule has 2 aliphatic carbocycles. The van der Waals surface area contributed by atoms with Crippen molar-refractivity contribution in [2.45, 2.75) is 68.6 Å². The molecule has 2 aliphatic rings. The van der Waals surface area contributed by atoms with E-state index < -0.39 is 6.03 Å². The Bertz CT molecular complexity index is 962. The third kappa shape index (κ3) is 4.63. The van der Waals surface area contributed by atoms with Gasteiger partial charge < -0.3 is 5.32 Å². The predicted molar refractivity (Wildman–Crippen MR) is 113 cm³/mol. The van der Waals surface area contributed by atoms with Gasteiger partial charge in [-0.1, -0.05) is 49.6 Å². The van der Waals surface area contributed by atoms with Gasteiger partial charge in [0.05, 0.1) is 16.7 Å². The van der Waals surface area contributed by atoms with Gasteiger partial charge in [0, 0.05) is 12.1 Å². The zero-order valence-corrected chi connectivity index (χ0v) is 17.2. The molecule has 8 heteroatoms. The van der Waals surface area contributed by atoms with E-state index in [0.717, 1.165) is 51.4 Å². The van der Waals surface area contributed by atoms with Gasteiger partial charge in [0.1, 0.15) is 0 Å². The van der Waals surface area contributed by atoms with Gasteiger partial charge in [-0.05, 0) is 37.8 Å². The summed E-state index contributed by atoms with van der Waals surface area (Å²) in [5.74, 6) is -0.346. The Hall–Kier alpha value is -2.35. The van der Waals surface area contributed by atoms with Crippen LogP contribution in [-0.2, 0) is 4.79 Å². The number of imide groups is 1. The van der Waals surface area contributed by atoms with Crippen molar-refractivity contribution in [1.82, 2.24) is 20.2 Å². The zero-order chi connectivity index (χ0) is 20.2. The lowest BCUT2D eigenvalue weighted by Gasteiger charge is -2.18. The fourth-order valence-corrected chi connectivity index (χ4v) is 5.16. The molecule has 1 aromatic heterocycles. The summed E-state index contributed by atoms with van der Waals surface area (Å²) in [7, 11) is 0. The van der Waals surface area contributed by atoms with Gasteiger partial charge in [0.25, 0.3) is 5.56 Å². The second kappa shape index (κ2) is 8.98. The highest BCUT2D eigenvalue weighted by molar-refractivity contribution is 7.99. The Balaban J connectivity index is 1.47. The fraction of sp³-hybridized carbons (Fsp3) is 0.524. The number of carbonyl (C=O) groups excluding carboxylic acids is 2. The van der Waals surface area contributed by atoms with E-state index in [1.165, 1.54) is 11.8 Å². The smallest absolute Gasteiger partial charge is 0.321 e. The average molecular weight is 415 g/mol. The predicted octanol–water partition coefficient (Wildman–Crippen LogP) is 3.37. The molecule has 0 atom stereocenters. The Morgan fingerprint density at radius 1 is 1.07 bits per heavy atom. The lowest BCUT2D eigenvalue weighted by Crippen LogP contribution is -2.44. The molecule has 2 saturated carbocycles. The van der Waals surface area contributed by atoms with Crippen LogP contribution in [0.3, 0.4) is 0 Å². The number of nitrogens with zero attached hydrogens (tertiary/aromatic N) is 2. The number of amides is 3. The third-order valence-corrected chi connectivity index (χ3v) is 6.69. The van der Waals surface area contributed by atoms with Crippen LogP contribution in [0.1, 0.15) is 57.4 Å². The SMILES string of the molecule is O=C(CSc1nc2ccccc2c(=O)n1C1CCCC1)NC(=O)NC1CCCC1. The highest BCUT2D eigenvalue weighted by Gasteiger charge is 2.24. The number of benzene rings is 1. The topological polar surface area (TPSA) is 93.1 Å². The molecule has 0 radical (unpaired) electrons. The minimum Gasteiger partial charge on any atom is -0.335 e. The number of para-hydroxylation sites is 1. The molecular weight excluding hydrogens is 388 g/mol. The van der Waals surface area contributed by atoms with Gasteiger partial charge in [-0.25, -0.2) is 9.78 Å². The van der Waals surface area contributed by atoms with Gasteiger partial charge in [-0.3, -0.25) is 19.5 Å². The monoisotopic (exact) mass is 414 g/mol. The van der Waals surface area contributed by atoms with Gasteiger partial charge in [0.2, 0.25) is 5.91 Å². The van der Waals surface area contributed by atoms with Crippen LogP contribution in [0.5, 0.6) is 0 Å². The summed E-state index contributed by atoms with van der Waals surface area (Å²) in [6, 6.07) is 7.14. The number of hydrogen-bond acceptors (Lipinski definition) is 5. The quantitative estimate of drug-likeness (QED) is 0.578. The van der Waals surface area contributed by atoms with Gasteiger partial charge in [-0.2, -0.15) is 0 Å². The molecule has 29 heavy (non-hydrogen) atoms. The van der Waals surface area contributed by atoms with Gasteiger partial charge in [0.15, 0.2) is 5.16 Å². The van der Waals surface area contributed by atoms with Crippen LogP contribution in [0.15, 0.2) is 34.2 Å². The summed E-state index contributed by atoms with van der Waals surface area (Å²) < 4.78 is 1.76. The number of aromatic nitrogens is 2. The first-order valence-electron chi connectivity index (χ1n) is 10.4. The Morgan fingerprint density at radius 2 is 1.76 bits per heavy atom. The van der Waals surface area contributed by atoms with Crippen molar-refractivity contribution < 1.29 is 9.59 Å². The normalized spacial score (nSPS) is 17.7. The maximum absolute atomic E-state index is 13.1. The molecule has 2 N–H and O–H groups in total. The van der Waals surface area contributed by atoms with Crippen molar-refractivity contribution in [2.75, 3.05) is 5.75 Å². The Kier molecular flexibility index (Phi) is 6.18. The van der Waals surface area contributed by atoms with Crippen molar-refractivity contribution in [2.24, 2.45) is 0 Å². The van der Waals surface area contributed by atoms with Crippen LogP contribution in [0, 0.1) is 0 Å². The standard InChI is InChI=1S/C21H26N4O3S/c26-18(24-20(28)22-14-7-1-2-8-14)13-29-21-23-17-12-6-5-11-16(17)19(27)25(21)15-9-3-4-10-15/h5-6,11-12,14-15H,1-4,7-10,13H2,(H2,22,24,26,28). The van der Waals surface area contributed by atoms with Gasteiger partial charge in [-0.15, -0.1) is 0 Å². The van der Waals surface area contributed by atoms with Crippen LogP contribution in [0.4, 0.5) is 4.79 Å². The van der Waals surface area contributed by atoms with E-state index >= 15 is 0 Å². The molecule has 3 amide bonds. The number of hydrogen-bond donors (Lipinski definition) is 2. The molecule has 154 valence electrons. The maximum Gasteiger partial charge on any atom is 0.321 e. The summed E-state index contributed by atoms with van der Waals surface area (Å²) in [5.41, 5.74) is 0.581. The highest BCUT2D eigenvalue weighted by atomic mass is 32.2. The molecular formula is C21H26N4O3S. The van der Waals surface area contributed by atoms with E-state index in [1.807, 2.05) is 18.2 Å². The zero-order valence-electron chi connectivity index (χ0n) is 16.4. The minimum atomic E-state index is -0.442. The largest absolute Gasteiger partial charge is 0.335 e. The lowest BCUT2D eigenvalue weighted by molar-refractivity contribution is -0.117. The molecule has 0 bridgehead atoms. The van der Waals surface area contributed by atoms with Crippen molar-refractivity contribution in [3.63, 3.8) is 0 Å². The van der Waals surface area contributed by atoms with E-state index in [2.05, 4.69) is 15.6 Å². The number of rotatable bonds is 5. The fourth-order valence-electron chi connectivity index (χ4n) is 4.30. The summed E-state index contributed by atoms with van der Waals surface area (Å²) >= 11 is 1.22. The average Bonchev–Trinajstić information content (AvgIpc) is 3.40. The highest BCUT2D eigenvalue weighted by Crippen LogP contribution is 2.32. The first-order chi connectivity index (χ1) is 14.1. The molecule has 1 heterocycles. The number of carbonyl (C=O) groups is 2. The molecule has 0 unspecified atom stereocenters. The number of urea groups is 1. The molecule has 0 aliphatic heterocycles. The second-order valence-corrected chi connectivity index (χ2v) is 8.76. The van der Waals surface area contributed by atoms with Crippen LogP contribution in [0.25, 0.3) is 10.9 Å². The summed E-state index contributed by atoms with van der Waals surface area (Å²) in [6.07, 6.45) is 8.23. The first kappa shape index (κ1) is 19.9. The summed E-state index contributed by atoms with van der Waals surface area (Å²) in [4.78, 5) is 42.0. The summed E-state index contributed by atoms with van der Waals surface area (Å²) in [5, 5.41) is 6.39. The Morgan fingerprint density at radius 3 is 2.52 bits per heavy atom.